The van der Waals surface area contributed by atoms with Crippen LogP contribution in [0.3, 0.4) is 0 Å². The van der Waals surface area contributed by atoms with Crippen LogP contribution in [0.2, 0.25) is 0 Å². The van der Waals surface area contributed by atoms with E-state index in [1.807, 2.05) is 34.1 Å². The summed E-state index contributed by atoms with van der Waals surface area (Å²) in [6.07, 6.45) is 2.44. The first kappa shape index (κ1) is 21.3. The van der Waals surface area contributed by atoms with Crippen LogP contribution in [0.4, 0.5) is 0 Å². The Morgan fingerprint density at radius 1 is 1.00 bits per heavy atom. The van der Waals surface area contributed by atoms with Crippen molar-refractivity contribution in [2.24, 2.45) is 5.73 Å². The molecule has 0 bridgehead atoms. The lowest BCUT2D eigenvalue weighted by Crippen LogP contribution is -2.50. The van der Waals surface area contributed by atoms with Gasteiger partial charge in [0.2, 0.25) is 11.8 Å². The zero-order valence-corrected chi connectivity index (χ0v) is 15.6. The molecule has 0 aromatic heterocycles. The van der Waals surface area contributed by atoms with Crippen molar-refractivity contribution in [3.05, 3.63) is 29.8 Å². The molecule has 0 atom stereocenters. The van der Waals surface area contributed by atoms with Crippen molar-refractivity contribution < 1.29 is 14.3 Å². The number of piperazine rings is 1. The Morgan fingerprint density at radius 2 is 1.52 bits per heavy atom. The van der Waals surface area contributed by atoms with E-state index in [0.717, 1.165) is 24.2 Å². The van der Waals surface area contributed by atoms with Gasteiger partial charge < -0.3 is 20.3 Å². The Balaban J connectivity index is 0.00000312. The maximum Gasteiger partial charge on any atom is 0.223 e. The van der Waals surface area contributed by atoms with Crippen molar-refractivity contribution >= 4 is 24.2 Å². The van der Waals surface area contributed by atoms with E-state index in [2.05, 4.69) is 0 Å². The van der Waals surface area contributed by atoms with E-state index in [1.165, 1.54) is 0 Å². The number of halogens is 1. The molecule has 0 aliphatic carbocycles. The van der Waals surface area contributed by atoms with Crippen molar-refractivity contribution in [2.45, 2.75) is 25.7 Å². The molecule has 2 N–H and O–H groups in total. The van der Waals surface area contributed by atoms with Crippen LogP contribution in [0.15, 0.2) is 24.3 Å². The van der Waals surface area contributed by atoms with E-state index in [9.17, 15) is 9.59 Å². The average Bonchev–Trinajstić information content (AvgIpc) is 2.64. The summed E-state index contributed by atoms with van der Waals surface area (Å²) in [6, 6.07) is 7.79. The van der Waals surface area contributed by atoms with E-state index in [4.69, 9.17) is 10.5 Å². The number of aryl methyl sites for hydroxylation is 1. The van der Waals surface area contributed by atoms with Gasteiger partial charge in [-0.25, -0.2) is 0 Å². The minimum absolute atomic E-state index is 0. The van der Waals surface area contributed by atoms with Crippen LogP contribution in [0, 0.1) is 0 Å². The molecular formula is C18H28ClN3O3. The molecular weight excluding hydrogens is 342 g/mol. The van der Waals surface area contributed by atoms with Crippen LogP contribution >= 0.6 is 12.4 Å². The van der Waals surface area contributed by atoms with Gasteiger partial charge in [0.1, 0.15) is 5.75 Å². The molecule has 25 heavy (non-hydrogen) atoms. The third kappa shape index (κ3) is 6.55. The number of rotatable bonds is 7. The summed E-state index contributed by atoms with van der Waals surface area (Å²) in [4.78, 5) is 28.0. The fourth-order valence-corrected chi connectivity index (χ4v) is 2.82. The minimum atomic E-state index is 0. The van der Waals surface area contributed by atoms with Crippen molar-refractivity contribution in [2.75, 3.05) is 39.8 Å². The Labute approximate surface area is 155 Å². The molecule has 0 saturated carbocycles. The Hall–Kier alpha value is -1.79. The lowest BCUT2D eigenvalue weighted by atomic mass is 10.1. The van der Waals surface area contributed by atoms with Gasteiger partial charge in [0.05, 0.1) is 7.11 Å². The molecule has 7 heteroatoms. The van der Waals surface area contributed by atoms with E-state index >= 15 is 0 Å². The summed E-state index contributed by atoms with van der Waals surface area (Å²) in [7, 11) is 1.64. The second kappa shape index (κ2) is 10.9. The first-order valence-electron chi connectivity index (χ1n) is 8.52. The second-order valence-corrected chi connectivity index (χ2v) is 6.00. The number of nitrogens with two attached hydrogens (primary N) is 1. The molecule has 2 rings (SSSR count). The molecule has 140 valence electrons. The van der Waals surface area contributed by atoms with Crippen LogP contribution in [0.5, 0.6) is 5.75 Å². The number of methoxy groups -OCH3 is 1. The average molecular weight is 370 g/mol. The fraction of sp³-hybridized carbons (Fsp3) is 0.556. The summed E-state index contributed by atoms with van der Waals surface area (Å²) in [5.74, 6) is 1.12. The quantitative estimate of drug-likeness (QED) is 0.789. The Kier molecular flexibility index (Phi) is 9.31. The minimum Gasteiger partial charge on any atom is -0.497 e. The summed E-state index contributed by atoms with van der Waals surface area (Å²) in [6.45, 7) is 3.02. The number of amides is 2. The van der Waals surface area contributed by atoms with E-state index in [0.29, 0.717) is 45.6 Å². The second-order valence-electron chi connectivity index (χ2n) is 6.00. The molecule has 1 heterocycles. The molecule has 0 unspecified atom stereocenters. The highest BCUT2D eigenvalue weighted by molar-refractivity contribution is 5.85. The number of benzene rings is 1. The van der Waals surface area contributed by atoms with Gasteiger partial charge in [-0.3, -0.25) is 9.59 Å². The van der Waals surface area contributed by atoms with Gasteiger partial charge in [0.15, 0.2) is 0 Å². The summed E-state index contributed by atoms with van der Waals surface area (Å²) < 4.78 is 5.13. The SMILES string of the molecule is COc1ccc(CCC(=O)N2CCN(C(=O)CCCN)CC2)cc1.Cl. The monoisotopic (exact) mass is 369 g/mol. The normalized spacial score (nSPS) is 14.0. The molecule has 1 aliphatic heterocycles. The zero-order valence-electron chi connectivity index (χ0n) is 14.8. The van der Waals surface area contributed by atoms with E-state index in [-0.39, 0.29) is 24.2 Å². The number of carbonyl (C=O) groups excluding carboxylic acids is 2. The van der Waals surface area contributed by atoms with Crippen LogP contribution in [-0.4, -0.2) is 61.4 Å². The van der Waals surface area contributed by atoms with E-state index < -0.39 is 0 Å². The van der Waals surface area contributed by atoms with Crippen LogP contribution < -0.4 is 10.5 Å². The van der Waals surface area contributed by atoms with Crippen molar-refractivity contribution in [3.8, 4) is 5.75 Å². The summed E-state index contributed by atoms with van der Waals surface area (Å²) in [5, 5.41) is 0. The van der Waals surface area contributed by atoms with Crippen molar-refractivity contribution in [1.29, 1.82) is 0 Å². The van der Waals surface area contributed by atoms with Gasteiger partial charge >= 0.3 is 0 Å². The largest absolute Gasteiger partial charge is 0.497 e. The summed E-state index contributed by atoms with van der Waals surface area (Å²) >= 11 is 0. The molecule has 1 aliphatic rings. The molecule has 0 radical (unpaired) electrons. The molecule has 1 saturated heterocycles. The van der Waals surface area contributed by atoms with Crippen LogP contribution in [-0.2, 0) is 16.0 Å². The topological polar surface area (TPSA) is 75.9 Å². The highest BCUT2D eigenvalue weighted by atomic mass is 35.5. The standard InChI is InChI=1S/C18H27N3O3.ClH/c1-24-16-7-4-15(5-8-16)6-9-18(23)21-13-11-20(12-14-21)17(22)3-2-10-19;/h4-5,7-8H,2-3,6,9-14,19H2,1H3;1H. The maximum absolute atomic E-state index is 12.3. The molecule has 6 nitrogen and oxygen atoms in total. The van der Waals surface area contributed by atoms with Crippen molar-refractivity contribution in [3.63, 3.8) is 0 Å². The molecule has 1 fully saturated rings. The fourth-order valence-electron chi connectivity index (χ4n) is 2.82. The highest BCUT2D eigenvalue weighted by Gasteiger charge is 2.23. The van der Waals surface area contributed by atoms with Gasteiger partial charge in [-0.15, -0.1) is 12.4 Å². The lowest BCUT2D eigenvalue weighted by molar-refractivity contribution is -0.139. The van der Waals surface area contributed by atoms with E-state index in [1.54, 1.807) is 7.11 Å². The summed E-state index contributed by atoms with van der Waals surface area (Å²) in [5.41, 5.74) is 6.56. The first-order valence-corrected chi connectivity index (χ1v) is 8.52. The van der Waals surface area contributed by atoms with Crippen LogP contribution in [0.1, 0.15) is 24.8 Å². The first-order chi connectivity index (χ1) is 11.6. The predicted molar refractivity (Wildman–Crippen MR) is 100 cm³/mol. The number of nitrogens with zero attached hydrogens (tertiary/aromatic N) is 2. The third-order valence-corrected chi connectivity index (χ3v) is 4.37. The number of carbonyl (C=O) groups is 2. The molecule has 1 aromatic carbocycles. The lowest BCUT2D eigenvalue weighted by Gasteiger charge is -2.35. The molecule has 2 amide bonds. The van der Waals surface area contributed by atoms with Gasteiger partial charge in [0.25, 0.3) is 0 Å². The van der Waals surface area contributed by atoms with Crippen LogP contribution in [0.25, 0.3) is 0 Å². The Morgan fingerprint density at radius 3 is 2.00 bits per heavy atom. The maximum atomic E-state index is 12.3. The van der Waals surface area contributed by atoms with Crippen molar-refractivity contribution in [1.82, 2.24) is 9.80 Å². The highest BCUT2D eigenvalue weighted by Crippen LogP contribution is 2.14. The number of ether oxygens (including phenoxy) is 1. The zero-order chi connectivity index (χ0) is 17.4. The number of hydrogen-bond acceptors (Lipinski definition) is 4. The van der Waals surface area contributed by atoms with Gasteiger partial charge in [-0.1, -0.05) is 12.1 Å². The van der Waals surface area contributed by atoms with Gasteiger partial charge in [0, 0.05) is 39.0 Å². The van der Waals surface area contributed by atoms with Gasteiger partial charge in [-0.2, -0.15) is 0 Å². The predicted octanol–water partition coefficient (Wildman–Crippen LogP) is 1.46. The number of hydrogen-bond donors (Lipinski definition) is 1. The smallest absolute Gasteiger partial charge is 0.223 e. The Bertz CT molecular complexity index is 543. The molecule has 0 spiro atoms. The molecule has 1 aromatic rings. The van der Waals surface area contributed by atoms with Gasteiger partial charge in [-0.05, 0) is 37.1 Å². The third-order valence-electron chi connectivity index (χ3n) is 4.37.